The first kappa shape index (κ1) is 22.0. The second-order valence-corrected chi connectivity index (χ2v) is 9.35. The summed E-state index contributed by atoms with van der Waals surface area (Å²) >= 11 is 0. The fourth-order valence-corrected chi connectivity index (χ4v) is 5.15. The first-order valence-electron chi connectivity index (χ1n) is 9.92. The molecule has 1 saturated heterocycles. The van der Waals surface area contributed by atoms with E-state index in [0.29, 0.717) is 29.9 Å². The van der Waals surface area contributed by atoms with Crippen LogP contribution in [0.3, 0.4) is 0 Å². The summed E-state index contributed by atoms with van der Waals surface area (Å²) in [5.41, 5.74) is 2.24. The molecule has 0 aromatic heterocycles. The molecule has 0 atom stereocenters. The molecule has 0 unspecified atom stereocenters. The van der Waals surface area contributed by atoms with E-state index < -0.39 is 28.5 Å². The molecular formula is C22H26N2O5S. The van der Waals surface area contributed by atoms with Crippen LogP contribution < -0.4 is 5.32 Å². The van der Waals surface area contributed by atoms with Crippen LogP contribution in [-0.2, 0) is 19.6 Å². The highest BCUT2D eigenvalue weighted by Gasteiger charge is 2.27. The van der Waals surface area contributed by atoms with Gasteiger partial charge in [-0.1, -0.05) is 30.2 Å². The van der Waals surface area contributed by atoms with Gasteiger partial charge < -0.3 is 10.1 Å². The zero-order valence-corrected chi connectivity index (χ0v) is 18.0. The predicted octanol–water partition coefficient (Wildman–Crippen LogP) is 3.27. The van der Waals surface area contributed by atoms with E-state index in [4.69, 9.17) is 4.74 Å². The van der Waals surface area contributed by atoms with Gasteiger partial charge in [-0.15, -0.1) is 0 Å². The molecule has 3 rings (SSSR count). The second kappa shape index (κ2) is 9.40. The second-order valence-electron chi connectivity index (χ2n) is 7.44. The zero-order chi connectivity index (χ0) is 21.7. The predicted molar refractivity (Wildman–Crippen MR) is 114 cm³/mol. The summed E-state index contributed by atoms with van der Waals surface area (Å²) in [5, 5.41) is 2.60. The molecule has 0 spiro atoms. The van der Waals surface area contributed by atoms with Crippen molar-refractivity contribution in [1.29, 1.82) is 0 Å². The number of sulfonamides is 1. The lowest BCUT2D eigenvalue weighted by molar-refractivity contribution is -0.119. The van der Waals surface area contributed by atoms with E-state index >= 15 is 0 Å². The van der Waals surface area contributed by atoms with Gasteiger partial charge in [0.25, 0.3) is 5.91 Å². The number of amides is 1. The van der Waals surface area contributed by atoms with Crippen LogP contribution in [0.5, 0.6) is 0 Å². The van der Waals surface area contributed by atoms with Gasteiger partial charge in [0.2, 0.25) is 10.0 Å². The van der Waals surface area contributed by atoms with Gasteiger partial charge in [0.1, 0.15) is 0 Å². The van der Waals surface area contributed by atoms with Gasteiger partial charge in [0, 0.05) is 18.8 Å². The molecule has 8 heteroatoms. The first-order valence-corrected chi connectivity index (χ1v) is 11.4. The standard InChI is InChI=1S/C22H26N2O5S/c1-16-7-6-8-18(13-16)22(26)29-15-21(25)23-19-10-9-17(2)20(14-19)30(27,28)24-11-4-3-5-12-24/h6-10,13-14H,3-5,11-12,15H2,1-2H3,(H,23,25). The molecule has 1 amide bonds. The van der Waals surface area contributed by atoms with Crippen LogP contribution in [0.15, 0.2) is 47.4 Å². The van der Waals surface area contributed by atoms with Gasteiger partial charge in [-0.2, -0.15) is 4.31 Å². The van der Waals surface area contributed by atoms with E-state index in [1.807, 2.05) is 13.0 Å². The number of nitrogens with one attached hydrogen (secondary N) is 1. The zero-order valence-electron chi connectivity index (χ0n) is 17.2. The molecule has 0 saturated carbocycles. The molecule has 1 fully saturated rings. The lowest BCUT2D eigenvalue weighted by Gasteiger charge is -2.26. The quantitative estimate of drug-likeness (QED) is 0.710. The lowest BCUT2D eigenvalue weighted by Crippen LogP contribution is -2.36. The summed E-state index contributed by atoms with van der Waals surface area (Å²) in [4.78, 5) is 24.5. The molecule has 1 aliphatic rings. The number of rotatable bonds is 6. The van der Waals surface area contributed by atoms with Crippen molar-refractivity contribution >= 4 is 27.6 Å². The van der Waals surface area contributed by atoms with Crippen molar-refractivity contribution in [3.8, 4) is 0 Å². The van der Waals surface area contributed by atoms with Gasteiger partial charge in [0.15, 0.2) is 6.61 Å². The number of hydrogen-bond donors (Lipinski definition) is 1. The highest BCUT2D eigenvalue weighted by molar-refractivity contribution is 7.89. The Morgan fingerprint density at radius 1 is 1.03 bits per heavy atom. The van der Waals surface area contributed by atoms with E-state index in [0.717, 1.165) is 24.8 Å². The van der Waals surface area contributed by atoms with Crippen LogP contribution in [0.2, 0.25) is 0 Å². The van der Waals surface area contributed by atoms with Crippen molar-refractivity contribution in [3.05, 3.63) is 59.2 Å². The lowest BCUT2D eigenvalue weighted by atomic mass is 10.1. The minimum Gasteiger partial charge on any atom is -0.452 e. The minimum atomic E-state index is -3.62. The normalized spacial score (nSPS) is 14.9. The molecule has 1 heterocycles. The molecule has 2 aromatic rings. The molecule has 7 nitrogen and oxygen atoms in total. The molecule has 1 N–H and O–H groups in total. The maximum Gasteiger partial charge on any atom is 0.338 e. The summed E-state index contributed by atoms with van der Waals surface area (Å²) in [6.07, 6.45) is 2.73. The number of esters is 1. The molecule has 0 bridgehead atoms. The van der Waals surface area contributed by atoms with Gasteiger partial charge in [0.05, 0.1) is 10.5 Å². The van der Waals surface area contributed by atoms with Gasteiger partial charge in [-0.05, 0) is 56.5 Å². The third-order valence-corrected chi connectivity index (χ3v) is 7.03. The number of benzene rings is 2. The Balaban J connectivity index is 1.66. The van der Waals surface area contributed by atoms with E-state index in [-0.39, 0.29) is 4.90 Å². The molecule has 2 aromatic carbocycles. The summed E-state index contributed by atoms with van der Waals surface area (Å²) in [6.45, 7) is 4.14. The fraction of sp³-hybridized carbons (Fsp3) is 0.364. The Labute approximate surface area is 177 Å². The third kappa shape index (κ3) is 5.25. The molecule has 30 heavy (non-hydrogen) atoms. The third-order valence-electron chi connectivity index (χ3n) is 4.99. The Morgan fingerprint density at radius 3 is 2.47 bits per heavy atom. The SMILES string of the molecule is Cc1cccc(C(=O)OCC(=O)Nc2ccc(C)c(S(=O)(=O)N3CCCCC3)c2)c1. The summed E-state index contributed by atoms with van der Waals surface area (Å²) in [6, 6.07) is 11.6. The van der Waals surface area contributed by atoms with Gasteiger partial charge in [-0.3, -0.25) is 4.79 Å². The van der Waals surface area contributed by atoms with E-state index in [9.17, 15) is 18.0 Å². The molecule has 1 aliphatic heterocycles. The van der Waals surface area contributed by atoms with Crippen LogP contribution in [0.25, 0.3) is 0 Å². The topological polar surface area (TPSA) is 92.8 Å². The molecular weight excluding hydrogens is 404 g/mol. The van der Waals surface area contributed by atoms with Crippen molar-refractivity contribution in [3.63, 3.8) is 0 Å². The number of aryl methyl sites for hydroxylation is 2. The van der Waals surface area contributed by atoms with E-state index in [1.165, 1.54) is 10.4 Å². The number of piperidine rings is 1. The number of ether oxygens (including phenoxy) is 1. The Hall–Kier alpha value is -2.71. The summed E-state index contributed by atoms with van der Waals surface area (Å²) in [7, 11) is -3.62. The fourth-order valence-electron chi connectivity index (χ4n) is 3.38. The van der Waals surface area contributed by atoms with Crippen LogP contribution in [0.1, 0.15) is 40.7 Å². The van der Waals surface area contributed by atoms with Crippen molar-refractivity contribution in [2.24, 2.45) is 0 Å². The summed E-state index contributed by atoms with van der Waals surface area (Å²) < 4.78 is 32.5. The number of nitrogens with zero attached hydrogens (tertiary/aromatic N) is 1. The minimum absolute atomic E-state index is 0.180. The van der Waals surface area contributed by atoms with Gasteiger partial charge in [-0.25, -0.2) is 13.2 Å². The maximum absolute atomic E-state index is 13.0. The molecule has 160 valence electrons. The Morgan fingerprint density at radius 2 is 1.77 bits per heavy atom. The number of anilines is 1. The smallest absolute Gasteiger partial charge is 0.338 e. The van der Waals surface area contributed by atoms with Crippen molar-refractivity contribution < 1.29 is 22.7 Å². The van der Waals surface area contributed by atoms with Crippen molar-refractivity contribution in [1.82, 2.24) is 4.31 Å². The van der Waals surface area contributed by atoms with E-state index in [2.05, 4.69) is 5.32 Å². The van der Waals surface area contributed by atoms with Crippen LogP contribution in [-0.4, -0.2) is 44.3 Å². The van der Waals surface area contributed by atoms with Gasteiger partial charge >= 0.3 is 5.97 Å². The summed E-state index contributed by atoms with van der Waals surface area (Å²) in [5.74, 6) is -1.13. The van der Waals surface area contributed by atoms with Crippen molar-refractivity contribution in [2.45, 2.75) is 38.0 Å². The average Bonchev–Trinajstić information content (AvgIpc) is 2.74. The maximum atomic E-state index is 13.0. The molecule has 0 radical (unpaired) electrons. The van der Waals surface area contributed by atoms with E-state index in [1.54, 1.807) is 37.3 Å². The highest BCUT2D eigenvalue weighted by Crippen LogP contribution is 2.26. The number of carbonyl (C=O) groups excluding carboxylic acids is 2. The average molecular weight is 431 g/mol. The number of hydrogen-bond acceptors (Lipinski definition) is 5. The largest absolute Gasteiger partial charge is 0.452 e. The highest BCUT2D eigenvalue weighted by atomic mass is 32.2. The Kier molecular flexibility index (Phi) is 6.89. The van der Waals surface area contributed by atoms with Crippen LogP contribution in [0, 0.1) is 13.8 Å². The number of carbonyl (C=O) groups is 2. The van der Waals surface area contributed by atoms with Crippen molar-refractivity contribution in [2.75, 3.05) is 25.0 Å². The monoisotopic (exact) mass is 430 g/mol. The Bertz CT molecular complexity index is 1040. The van der Waals surface area contributed by atoms with Crippen LogP contribution >= 0.6 is 0 Å². The first-order chi connectivity index (χ1) is 14.3. The van der Waals surface area contributed by atoms with Crippen LogP contribution in [0.4, 0.5) is 5.69 Å². The molecule has 0 aliphatic carbocycles.